The number of amides is 4. The fraction of sp³-hybridized carbons (Fsp3) is 0.316. The Morgan fingerprint density at radius 1 is 1.24 bits per heavy atom. The standard InChI is InChI=1S/C19H20ClFN4O3S/c1-10-8-15(24-17(26)13-3-2-11(21)9-14(13)20)29-16(10)18(27)25-6-4-12(5-7-25)23-19(22)28/h2-3,8-9,12H,4-7H2,1H3,(H,24,26)(H3,22,23,28). The largest absolute Gasteiger partial charge is 0.352 e. The van der Waals surface area contributed by atoms with E-state index in [-0.39, 0.29) is 22.5 Å². The number of piperidine rings is 1. The predicted octanol–water partition coefficient (Wildman–Crippen LogP) is 3.37. The summed E-state index contributed by atoms with van der Waals surface area (Å²) in [4.78, 5) is 38.5. The van der Waals surface area contributed by atoms with E-state index in [4.69, 9.17) is 17.3 Å². The molecule has 0 spiro atoms. The van der Waals surface area contributed by atoms with Crippen LogP contribution in [0.2, 0.25) is 5.02 Å². The van der Waals surface area contributed by atoms with E-state index in [2.05, 4.69) is 10.6 Å². The van der Waals surface area contributed by atoms with Gasteiger partial charge in [-0.3, -0.25) is 9.59 Å². The normalized spacial score (nSPS) is 14.5. The number of hydrogen-bond donors (Lipinski definition) is 3. The molecule has 1 fully saturated rings. The highest BCUT2D eigenvalue weighted by molar-refractivity contribution is 7.18. The highest BCUT2D eigenvalue weighted by atomic mass is 35.5. The van der Waals surface area contributed by atoms with Crippen molar-refractivity contribution in [3.63, 3.8) is 0 Å². The van der Waals surface area contributed by atoms with Gasteiger partial charge in [-0.2, -0.15) is 0 Å². The van der Waals surface area contributed by atoms with Crippen LogP contribution >= 0.6 is 22.9 Å². The van der Waals surface area contributed by atoms with Crippen molar-refractivity contribution >= 4 is 45.8 Å². The van der Waals surface area contributed by atoms with Gasteiger partial charge in [0.05, 0.1) is 20.5 Å². The lowest BCUT2D eigenvalue weighted by molar-refractivity contribution is 0.0712. The van der Waals surface area contributed by atoms with E-state index in [1.165, 1.54) is 17.4 Å². The van der Waals surface area contributed by atoms with Crippen molar-refractivity contribution in [1.82, 2.24) is 10.2 Å². The van der Waals surface area contributed by atoms with Crippen LogP contribution in [0.5, 0.6) is 0 Å². The number of nitrogens with one attached hydrogen (secondary N) is 2. The van der Waals surface area contributed by atoms with Gasteiger partial charge in [-0.25, -0.2) is 9.18 Å². The quantitative estimate of drug-likeness (QED) is 0.681. The molecule has 0 saturated carbocycles. The summed E-state index contributed by atoms with van der Waals surface area (Å²) in [5.41, 5.74) is 6.04. The number of thiophene rings is 1. The zero-order valence-electron chi connectivity index (χ0n) is 15.6. The van der Waals surface area contributed by atoms with E-state index in [1.807, 2.05) is 0 Å². The molecule has 10 heteroatoms. The first-order chi connectivity index (χ1) is 13.7. The van der Waals surface area contributed by atoms with Gasteiger partial charge >= 0.3 is 6.03 Å². The first kappa shape index (κ1) is 21.1. The minimum absolute atomic E-state index is 0.0134. The average Bonchev–Trinajstić information content (AvgIpc) is 3.01. The number of halogens is 2. The first-order valence-electron chi connectivity index (χ1n) is 8.96. The van der Waals surface area contributed by atoms with E-state index in [0.29, 0.717) is 35.8 Å². The topological polar surface area (TPSA) is 105 Å². The molecule has 2 aromatic rings. The van der Waals surface area contributed by atoms with Crippen LogP contribution in [0, 0.1) is 12.7 Å². The van der Waals surface area contributed by atoms with Crippen molar-refractivity contribution in [1.29, 1.82) is 0 Å². The number of anilines is 1. The maximum absolute atomic E-state index is 13.2. The fourth-order valence-electron chi connectivity index (χ4n) is 3.18. The lowest BCUT2D eigenvalue weighted by Gasteiger charge is -2.31. The number of urea groups is 1. The van der Waals surface area contributed by atoms with Crippen molar-refractivity contribution in [3.8, 4) is 0 Å². The minimum atomic E-state index is -0.564. The van der Waals surface area contributed by atoms with E-state index in [0.717, 1.165) is 17.7 Å². The Morgan fingerprint density at radius 2 is 1.93 bits per heavy atom. The molecule has 0 atom stereocenters. The number of nitrogens with two attached hydrogens (primary N) is 1. The highest BCUT2D eigenvalue weighted by Gasteiger charge is 2.26. The molecule has 1 saturated heterocycles. The Hall–Kier alpha value is -2.65. The molecular weight excluding hydrogens is 419 g/mol. The van der Waals surface area contributed by atoms with Crippen molar-refractivity contribution < 1.29 is 18.8 Å². The molecule has 4 amide bonds. The fourth-order valence-corrected chi connectivity index (χ4v) is 4.47. The molecule has 0 radical (unpaired) electrons. The van der Waals surface area contributed by atoms with Gasteiger partial charge in [0, 0.05) is 19.1 Å². The Morgan fingerprint density at radius 3 is 2.55 bits per heavy atom. The van der Waals surface area contributed by atoms with Crippen LogP contribution in [0.4, 0.5) is 14.2 Å². The number of benzene rings is 1. The number of likely N-dealkylation sites (tertiary alicyclic amines) is 1. The van der Waals surface area contributed by atoms with E-state index >= 15 is 0 Å². The highest BCUT2D eigenvalue weighted by Crippen LogP contribution is 2.30. The molecule has 154 valence electrons. The van der Waals surface area contributed by atoms with Gasteiger partial charge in [-0.05, 0) is 49.6 Å². The summed E-state index contributed by atoms with van der Waals surface area (Å²) in [5.74, 6) is -1.12. The monoisotopic (exact) mass is 438 g/mol. The lowest BCUT2D eigenvalue weighted by atomic mass is 10.0. The molecule has 4 N–H and O–H groups in total. The summed E-state index contributed by atoms with van der Waals surface area (Å²) in [6.45, 7) is 2.81. The van der Waals surface area contributed by atoms with Gasteiger partial charge in [0.2, 0.25) is 0 Å². The molecule has 0 aliphatic carbocycles. The second-order valence-corrected chi connectivity index (χ2v) is 8.24. The molecule has 1 aliphatic heterocycles. The molecule has 0 unspecified atom stereocenters. The zero-order chi connectivity index (χ0) is 21.1. The van der Waals surface area contributed by atoms with Crippen LogP contribution in [-0.4, -0.2) is 41.9 Å². The number of carbonyl (C=O) groups excluding carboxylic acids is 3. The van der Waals surface area contributed by atoms with Gasteiger partial charge in [-0.1, -0.05) is 11.6 Å². The third-order valence-corrected chi connectivity index (χ3v) is 6.11. The Bertz CT molecular complexity index is 957. The number of rotatable bonds is 4. The number of carbonyl (C=O) groups is 3. The Balaban J connectivity index is 1.66. The number of nitrogens with zero attached hydrogens (tertiary/aromatic N) is 1. The Kier molecular flexibility index (Phi) is 6.39. The van der Waals surface area contributed by atoms with Crippen LogP contribution in [0.15, 0.2) is 24.3 Å². The lowest BCUT2D eigenvalue weighted by Crippen LogP contribution is -2.47. The number of primary amides is 1. The smallest absolute Gasteiger partial charge is 0.312 e. The van der Waals surface area contributed by atoms with E-state index in [9.17, 15) is 18.8 Å². The average molecular weight is 439 g/mol. The SMILES string of the molecule is Cc1cc(NC(=O)c2ccc(F)cc2Cl)sc1C(=O)N1CCC(NC(N)=O)CC1. The summed E-state index contributed by atoms with van der Waals surface area (Å²) in [5, 5.41) is 5.88. The number of aryl methyl sites for hydroxylation is 1. The van der Waals surface area contributed by atoms with Gasteiger partial charge in [-0.15, -0.1) is 11.3 Å². The van der Waals surface area contributed by atoms with Crippen molar-refractivity contribution in [2.45, 2.75) is 25.8 Å². The summed E-state index contributed by atoms with van der Waals surface area (Å²) in [6, 6.07) is 4.66. The summed E-state index contributed by atoms with van der Waals surface area (Å²) in [7, 11) is 0. The van der Waals surface area contributed by atoms with Gasteiger partial charge < -0.3 is 21.3 Å². The Labute approximate surface area is 176 Å². The zero-order valence-corrected chi connectivity index (χ0v) is 17.2. The first-order valence-corrected chi connectivity index (χ1v) is 10.2. The molecular formula is C19H20ClFN4O3S. The molecule has 1 aliphatic rings. The van der Waals surface area contributed by atoms with Gasteiger partial charge in [0.25, 0.3) is 11.8 Å². The van der Waals surface area contributed by atoms with Crippen molar-refractivity contribution in [2.24, 2.45) is 5.73 Å². The minimum Gasteiger partial charge on any atom is -0.352 e. The third kappa shape index (κ3) is 5.04. The third-order valence-electron chi connectivity index (χ3n) is 4.65. The maximum Gasteiger partial charge on any atom is 0.312 e. The van der Waals surface area contributed by atoms with Crippen LogP contribution in [0.3, 0.4) is 0 Å². The van der Waals surface area contributed by atoms with Crippen LogP contribution in [0.25, 0.3) is 0 Å². The summed E-state index contributed by atoms with van der Waals surface area (Å²) < 4.78 is 13.2. The van der Waals surface area contributed by atoms with Crippen LogP contribution in [0.1, 0.15) is 38.4 Å². The van der Waals surface area contributed by atoms with Gasteiger partial charge in [0.15, 0.2) is 0 Å². The maximum atomic E-state index is 13.2. The molecule has 2 heterocycles. The van der Waals surface area contributed by atoms with Crippen molar-refractivity contribution in [2.75, 3.05) is 18.4 Å². The van der Waals surface area contributed by atoms with Crippen LogP contribution in [-0.2, 0) is 0 Å². The summed E-state index contributed by atoms with van der Waals surface area (Å²) in [6.07, 6.45) is 1.26. The predicted molar refractivity (Wildman–Crippen MR) is 110 cm³/mol. The second-order valence-electron chi connectivity index (χ2n) is 6.78. The molecule has 1 aromatic heterocycles. The molecule has 1 aromatic carbocycles. The second kappa shape index (κ2) is 8.79. The van der Waals surface area contributed by atoms with Crippen molar-refractivity contribution in [3.05, 3.63) is 51.1 Å². The van der Waals surface area contributed by atoms with E-state index in [1.54, 1.807) is 17.9 Å². The number of hydrogen-bond acceptors (Lipinski definition) is 4. The summed E-state index contributed by atoms with van der Waals surface area (Å²) >= 11 is 7.10. The molecule has 29 heavy (non-hydrogen) atoms. The van der Waals surface area contributed by atoms with Crippen LogP contribution < -0.4 is 16.4 Å². The van der Waals surface area contributed by atoms with Gasteiger partial charge in [0.1, 0.15) is 5.82 Å². The molecule has 7 nitrogen and oxygen atoms in total. The van der Waals surface area contributed by atoms with E-state index < -0.39 is 17.8 Å². The molecule has 3 rings (SSSR count). The molecule has 0 bridgehead atoms.